The van der Waals surface area contributed by atoms with Crippen LogP contribution in [0.4, 0.5) is 5.69 Å². The Balaban J connectivity index is 1.45. The molecule has 7 nitrogen and oxygen atoms in total. The van der Waals surface area contributed by atoms with Gasteiger partial charge in [-0.2, -0.15) is 0 Å². The Labute approximate surface area is 198 Å². The largest absolute Gasteiger partial charge is 0.485 e. The Hall–Kier alpha value is -4.13. The van der Waals surface area contributed by atoms with Gasteiger partial charge in [-0.25, -0.2) is 0 Å². The number of hydrogen-bond donors (Lipinski definition) is 1. The minimum Gasteiger partial charge on any atom is -0.485 e. The quantitative estimate of drug-likeness (QED) is 0.522. The molecule has 4 rings (SSSR count). The van der Waals surface area contributed by atoms with E-state index in [4.69, 9.17) is 9.47 Å². The smallest absolute Gasteiger partial charge is 0.265 e. The fourth-order valence-electron chi connectivity index (χ4n) is 3.65. The van der Waals surface area contributed by atoms with Gasteiger partial charge < -0.3 is 14.8 Å². The van der Waals surface area contributed by atoms with E-state index in [1.807, 2.05) is 62.4 Å². The lowest BCUT2D eigenvalue weighted by Gasteiger charge is -2.29. The molecule has 34 heavy (non-hydrogen) atoms. The third kappa shape index (κ3) is 5.26. The Morgan fingerprint density at radius 1 is 1.03 bits per heavy atom. The zero-order valence-corrected chi connectivity index (χ0v) is 19.2. The van der Waals surface area contributed by atoms with E-state index < -0.39 is 0 Å². The number of carbonyl (C=O) groups is 3. The van der Waals surface area contributed by atoms with E-state index in [9.17, 15) is 14.4 Å². The van der Waals surface area contributed by atoms with Crippen molar-refractivity contribution in [2.75, 3.05) is 24.7 Å². The zero-order valence-electron chi connectivity index (χ0n) is 19.2. The number of anilines is 1. The molecular weight excluding hydrogens is 432 g/mol. The summed E-state index contributed by atoms with van der Waals surface area (Å²) in [6, 6.07) is 20.1. The molecule has 0 radical (unpaired) electrons. The van der Waals surface area contributed by atoms with Gasteiger partial charge in [-0.3, -0.25) is 19.3 Å². The molecular formula is C27H26N2O5. The molecule has 174 valence electrons. The average Bonchev–Trinajstić information content (AvgIpc) is 2.85. The van der Waals surface area contributed by atoms with E-state index in [0.717, 1.165) is 16.7 Å². The van der Waals surface area contributed by atoms with Crippen LogP contribution in [0.15, 0.2) is 66.7 Å². The molecule has 0 bridgehead atoms. The van der Waals surface area contributed by atoms with Crippen molar-refractivity contribution in [1.82, 2.24) is 5.32 Å². The van der Waals surface area contributed by atoms with E-state index in [0.29, 0.717) is 29.3 Å². The molecule has 1 N–H and O–H groups in total. The minimum atomic E-state index is -0.349. The van der Waals surface area contributed by atoms with E-state index in [2.05, 4.69) is 5.32 Å². The summed E-state index contributed by atoms with van der Waals surface area (Å²) in [4.78, 5) is 39.3. The number of carbonyl (C=O) groups excluding carboxylic acids is 3. The third-order valence-corrected chi connectivity index (χ3v) is 5.77. The van der Waals surface area contributed by atoms with E-state index in [-0.39, 0.29) is 37.4 Å². The van der Waals surface area contributed by atoms with Gasteiger partial charge in [0.05, 0.1) is 5.69 Å². The summed E-state index contributed by atoms with van der Waals surface area (Å²) in [6.45, 7) is 3.81. The number of nitrogens with zero attached hydrogens (tertiary/aromatic N) is 1. The van der Waals surface area contributed by atoms with Crippen LogP contribution in [0, 0.1) is 13.8 Å². The maximum atomic E-state index is 12.8. The summed E-state index contributed by atoms with van der Waals surface area (Å²) >= 11 is 0. The topological polar surface area (TPSA) is 84.9 Å². The Kier molecular flexibility index (Phi) is 6.92. The van der Waals surface area contributed by atoms with Gasteiger partial charge in [0.2, 0.25) is 5.91 Å². The van der Waals surface area contributed by atoms with Gasteiger partial charge in [0.25, 0.3) is 5.91 Å². The Bertz CT molecular complexity index is 1220. The minimum absolute atomic E-state index is 0.143. The first-order valence-corrected chi connectivity index (χ1v) is 11.0. The van der Waals surface area contributed by atoms with Crippen LogP contribution >= 0.6 is 0 Å². The molecule has 7 heteroatoms. The molecule has 3 aromatic carbocycles. The molecule has 0 aromatic heterocycles. The fraction of sp³-hybridized carbons (Fsp3) is 0.222. The van der Waals surface area contributed by atoms with Crippen molar-refractivity contribution in [2.45, 2.75) is 20.4 Å². The lowest BCUT2D eigenvalue weighted by Crippen LogP contribution is -2.45. The molecule has 0 unspecified atom stereocenters. The predicted molar refractivity (Wildman–Crippen MR) is 128 cm³/mol. The van der Waals surface area contributed by atoms with Crippen LogP contribution in [0.2, 0.25) is 0 Å². The van der Waals surface area contributed by atoms with Gasteiger partial charge in [0.15, 0.2) is 19.0 Å². The van der Waals surface area contributed by atoms with Crippen LogP contribution in [-0.2, 0) is 16.1 Å². The second-order valence-electron chi connectivity index (χ2n) is 8.12. The highest BCUT2D eigenvalue weighted by Crippen LogP contribution is 2.33. The van der Waals surface area contributed by atoms with E-state index >= 15 is 0 Å². The third-order valence-electron chi connectivity index (χ3n) is 5.77. The van der Waals surface area contributed by atoms with Crippen molar-refractivity contribution in [3.8, 4) is 11.5 Å². The number of amides is 2. The molecule has 3 aromatic rings. The van der Waals surface area contributed by atoms with Crippen LogP contribution < -0.4 is 19.7 Å². The van der Waals surface area contributed by atoms with E-state index in [1.165, 1.54) is 4.90 Å². The molecule has 1 aliphatic rings. The van der Waals surface area contributed by atoms with E-state index in [1.54, 1.807) is 18.2 Å². The number of nitrogens with one attached hydrogen (secondary N) is 1. The highest BCUT2D eigenvalue weighted by atomic mass is 16.5. The average molecular weight is 459 g/mol. The zero-order chi connectivity index (χ0) is 24.1. The van der Waals surface area contributed by atoms with Crippen LogP contribution in [0.25, 0.3) is 0 Å². The monoisotopic (exact) mass is 458 g/mol. The summed E-state index contributed by atoms with van der Waals surface area (Å²) in [5.74, 6) is 0.206. The van der Waals surface area contributed by atoms with Gasteiger partial charge >= 0.3 is 0 Å². The number of ether oxygens (including phenoxy) is 2. The van der Waals surface area contributed by atoms with Crippen molar-refractivity contribution >= 4 is 23.3 Å². The SMILES string of the molecule is Cc1cccc(OCC(=O)c2ccc3c(c2)N(CC(=O)NCc2ccccc2)C(=O)CO3)c1C. The number of fused-ring (bicyclic) bond motifs is 1. The van der Waals surface area contributed by atoms with Crippen LogP contribution in [0.3, 0.4) is 0 Å². The van der Waals surface area contributed by atoms with Crippen LogP contribution in [-0.4, -0.2) is 37.4 Å². The van der Waals surface area contributed by atoms with Crippen LogP contribution in [0.5, 0.6) is 11.5 Å². The van der Waals surface area contributed by atoms with Crippen molar-refractivity contribution < 1.29 is 23.9 Å². The number of ketones is 1. The maximum Gasteiger partial charge on any atom is 0.265 e. The summed E-state index contributed by atoms with van der Waals surface area (Å²) in [6.07, 6.45) is 0. The fourth-order valence-corrected chi connectivity index (χ4v) is 3.65. The van der Waals surface area contributed by atoms with Gasteiger partial charge in [-0.05, 0) is 54.8 Å². The number of hydrogen-bond acceptors (Lipinski definition) is 5. The Morgan fingerprint density at radius 3 is 2.62 bits per heavy atom. The van der Waals surface area contributed by atoms with Crippen molar-refractivity contribution in [1.29, 1.82) is 0 Å². The molecule has 0 spiro atoms. The number of rotatable bonds is 8. The number of benzene rings is 3. The first-order valence-electron chi connectivity index (χ1n) is 11.0. The normalized spacial score (nSPS) is 12.5. The molecule has 0 saturated heterocycles. The van der Waals surface area contributed by atoms with Gasteiger partial charge in [-0.15, -0.1) is 0 Å². The molecule has 1 heterocycles. The molecule has 0 atom stereocenters. The second kappa shape index (κ2) is 10.2. The van der Waals surface area contributed by atoms with Gasteiger partial charge in [0.1, 0.15) is 18.0 Å². The summed E-state index contributed by atoms with van der Waals surface area (Å²) in [5, 5.41) is 2.82. The molecule has 2 amide bonds. The van der Waals surface area contributed by atoms with Gasteiger partial charge in [-0.1, -0.05) is 42.5 Å². The molecule has 0 saturated carbocycles. The van der Waals surface area contributed by atoms with Crippen molar-refractivity contribution in [2.24, 2.45) is 0 Å². The second-order valence-corrected chi connectivity index (χ2v) is 8.12. The number of Topliss-reactive ketones (excluding diaryl/α,β-unsaturated/α-hetero) is 1. The lowest BCUT2D eigenvalue weighted by atomic mass is 10.1. The molecule has 0 fully saturated rings. The van der Waals surface area contributed by atoms with Gasteiger partial charge in [0, 0.05) is 12.1 Å². The highest BCUT2D eigenvalue weighted by Gasteiger charge is 2.28. The first kappa shape index (κ1) is 23.0. The summed E-state index contributed by atoms with van der Waals surface area (Å²) in [7, 11) is 0. The van der Waals surface area contributed by atoms with Crippen LogP contribution in [0.1, 0.15) is 27.0 Å². The van der Waals surface area contributed by atoms with Crippen molar-refractivity contribution in [3.05, 3.63) is 89.0 Å². The maximum absolute atomic E-state index is 12.8. The predicted octanol–water partition coefficient (Wildman–Crippen LogP) is 3.61. The Morgan fingerprint density at radius 2 is 1.82 bits per heavy atom. The lowest BCUT2D eigenvalue weighted by molar-refractivity contribution is -0.125. The highest BCUT2D eigenvalue weighted by molar-refractivity contribution is 6.04. The first-order chi connectivity index (χ1) is 16.4. The number of aryl methyl sites for hydroxylation is 1. The molecule has 0 aliphatic carbocycles. The standard InChI is InChI=1S/C27H26N2O5/c1-18-7-6-10-24(19(18)2)33-16-23(30)21-11-12-25-22(13-21)29(27(32)17-34-25)15-26(31)28-14-20-8-4-3-5-9-20/h3-13H,14-17H2,1-2H3,(H,28,31). The summed E-state index contributed by atoms with van der Waals surface area (Å²) in [5.41, 5.74) is 3.78. The summed E-state index contributed by atoms with van der Waals surface area (Å²) < 4.78 is 11.2. The van der Waals surface area contributed by atoms with Crippen molar-refractivity contribution in [3.63, 3.8) is 0 Å². The molecule has 1 aliphatic heterocycles.